The van der Waals surface area contributed by atoms with Crippen molar-refractivity contribution < 1.29 is 0 Å². The van der Waals surface area contributed by atoms with Crippen molar-refractivity contribution in [3.8, 4) is 0 Å². The number of hydrogen-bond donors (Lipinski definition) is 2. The number of anilines is 2. The number of nitrogens with zero attached hydrogens (tertiary/aromatic N) is 4. The van der Waals surface area contributed by atoms with Crippen molar-refractivity contribution in [3.05, 3.63) is 40.4 Å². The molecular weight excluding hydrogens is 459 g/mol. The van der Waals surface area contributed by atoms with E-state index in [1.807, 2.05) is 19.0 Å². The first kappa shape index (κ1) is 22.5. The largest absolute Gasteiger partial charge is 0.378 e. The molecule has 0 aliphatic heterocycles. The third-order valence-electron chi connectivity index (χ3n) is 3.87. The van der Waals surface area contributed by atoms with Gasteiger partial charge in [0.15, 0.2) is 11.1 Å². The quantitative estimate of drug-likeness (QED) is 0.372. The molecule has 0 saturated carbocycles. The molecular formula is C18H29IN6S. The fourth-order valence-electron chi connectivity index (χ4n) is 2.31. The Morgan fingerprint density at radius 2 is 1.81 bits per heavy atom. The Morgan fingerprint density at radius 1 is 1.12 bits per heavy atom. The molecule has 0 bridgehead atoms. The molecule has 0 amide bonds. The van der Waals surface area contributed by atoms with Crippen LogP contribution in [-0.4, -0.2) is 46.2 Å². The lowest BCUT2D eigenvalue weighted by Gasteiger charge is -2.16. The van der Waals surface area contributed by atoms with Gasteiger partial charge < -0.3 is 20.4 Å². The van der Waals surface area contributed by atoms with E-state index in [2.05, 4.69) is 70.1 Å². The Kier molecular flexibility index (Phi) is 9.14. The fourth-order valence-corrected chi connectivity index (χ4v) is 3.07. The molecule has 0 radical (unpaired) electrons. The number of aromatic nitrogens is 1. The van der Waals surface area contributed by atoms with Gasteiger partial charge in [-0.3, -0.25) is 4.99 Å². The lowest BCUT2D eigenvalue weighted by Crippen LogP contribution is -2.36. The number of benzene rings is 1. The van der Waals surface area contributed by atoms with E-state index in [0.29, 0.717) is 6.54 Å². The number of thiazole rings is 1. The maximum absolute atomic E-state index is 4.57. The van der Waals surface area contributed by atoms with Gasteiger partial charge in [-0.2, -0.15) is 0 Å². The molecule has 8 heteroatoms. The van der Waals surface area contributed by atoms with Crippen LogP contribution in [0.2, 0.25) is 0 Å². The van der Waals surface area contributed by atoms with Crippen LogP contribution in [0.5, 0.6) is 0 Å². The number of rotatable bonds is 6. The predicted molar refractivity (Wildman–Crippen MR) is 124 cm³/mol. The fraction of sp³-hybridized carbons (Fsp3) is 0.444. The molecule has 144 valence electrons. The van der Waals surface area contributed by atoms with E-state index in [4.69, 9.17) is 0 Å². The summed E-state index contributed by atoms with van der Waals surface area (Å²) in [5.74, 6) is 0.774. The number of aryl methyl sites for hydroxylation is 1. The van der Waals surface area contributed by atoms with E-state index in [9.17, 15) is 0 Å². The molecule has 0 unspecified atom stereocenters. The van der Waals surface area contributed by atoms with E-state index in [0.717, 1.165) is 23.3 Å². The SMILES string of the molecule is CN=C(NCc1csc(N(C)C)n1)NCc1ccc(N(C)C)cc1C.I. The van der Waals surface area contributed by atoms with Gasteiger partial charge >= 0.3 is 0 Å². The minimum Gasteiger partial charge on any atom is -0.378 e. The Morgan fingerprint density at radius 3 is 2.35 bits per heavy atom. The van der Waals surface area contributed by atoms with Crippen molar-refractivity contribution in [2.45, 2.75) is 20.0 Å². The second-order valence-corrected chi connectivity index (χ2v) is 7.14. The van der Waals surface area contributed by atoms with Gasteiger partial charge in [0, 0.05) is 52.9 Å². The summed E-state index contributed by atoms with van der Waals surface area (Å²) in [7, 11) is 9.89. The van der Waals surface area contributed by atoms with Gasteiger partial charge in [-0.05, 0) is 30.2 Å². The van der Waals surface area contributed by atoms with Crippen LogP contribution in [0, 0.1) is 6.92 Å². The number of guanidine groups is 1. The van der Waals surface area contributed by atoms with Crippen LogP contribution in [0.3, 0.4) is 0 Å². The van der Waals surface area contributed by atoms with Crippen molar-refractivity contribution in [1.82, 2.24) is 15.6 Å². The summed E-state index contributed by atoms with van der Waals surface area (Å²) in [5, 5.41) is 9.76. The van der Waals surface area contributed by atoms with E-state index in [1.54, 1.807) is 18.4 Å². The van der Waals surface area contributed by atoms with E-state index in [1.165, 1.54) is 16.8 Å². The maximum Gasteiger partial charge on any atom is 0.191 e. The zero-order chi connectivity index (χ0) is 18.4. The molecule has 2 aromatic rings. The molecule has 0 saturated heterocycles. The first-order chi connectivity index (χ1) is 11.9. The standard InChI is InChI=1S/C18H28N6S.HI/c1-13-9-16(23(3)4)8-7-14(13)10-20-17(19-2)21-11-15-12-25-18(22-15)24(5)6;/h7-9,12H,10-11H2,1-6H3,(H2,19,20,21);1H. The summed E-state index contributed by atoms with van der Waals surface area (Å²) < 4.78 is 0. The summed E-state index contributed by atoms with van der Waals surface area (Å²) in [6.45, 7) is 3.53. The lowest BCUT2D eigenvalue weighted by molar-refractivity contribution is 0.795. The Hall–Kier alpha value is -1.55. The second-order valence-electron chi connectivity index (χ2n) is 6.30. The highest BCUT2D eigenvalue weighted by Gasteiger charge is 2.06. The Balaban J connectivity index is 0.00000338. The highest BCUT2D eigenvalue weighted by Crippen LogP contribution is 2.18. The molecule has 0 aliphatic carbocycles. The summed E-state index contributed by atoms with van der Waals surface area (Å²) in [6, 6.07) is 6.50. The van der Waals surface area contributed by atoms with Gasteiger partial charge in [0.1, 0.15) is 0 Å². The molecule has 1 heterocycles. The van der Waals surface area contributed by atoms with Crippen LogP contribution in [0.25, 0.3) is 0 Å². The monoisotopic (exact) mass is 488 g/mol. The third-order valence-corrected chi connectivity index (χ3v) is 4.93. The molecule has 0 fully saturated rings. The molecule has 0 aliphatic rings. The second kappa shape index (κ2) is 10.6. The van der Waals surface area contributed by atoms with Crippen LogP contribution >= 0.6 is 35.3 Å². The minimum atomic E-state index is 0. The average Bonchev–Trinajstić information content (AvgIpc) is 3.05. The van der Waals surface area contributed by atoms with E-state index < -0.39 is 0 Å². The van der Waals surface area contributed by atoms with Crippen LogP contribution in [0.1, 0.15) is 16.8 Å². The smallest absolute Gasteiger partial charge is 0.191 e. The normalized spacial score (nSPS) is 10.9. The van der Waals surface area contributed by atoms with E-state index >= 15 is 0 Å². The van der Waals surface area contributed by atoms with Gasteiger partial charge in [0.2, 0.25) is 0 Å². The molecule has 0 atom stereocenters. The van der Waals surface area contributed by atoms with Crippen LogP contribution in [0.4, 0.5) is 10.8 Å². The zero-order valence-corrected chi connectivity index (χ0v) is 19.5. The van der Waals surface area contributed by atoms with Crippen molar-refractivity contribution in [1.29, 1.82) is 0 Å². The molecule has 0 spiro atoms. The highest BCUT2D eigenvalue weighted by molar-refractivity contribution is 14.0. The molecule has 6 nitrogen and oxygen atoms in total. The van der Waals surface area contributed by atoms with Crippen LogP contribution in [-0.2, 0) is 13.1 Å². The van der Waals surface area contributed by atoms with Gasteiger partial charge in [-0.15, -0.1) is 35.3 Å². The maximum atomic E-state index is 4.57. The zero-order valence-electron chi connectivity index (χ0n) is 16.3. The highest BCUT2D eigenvalue weighted by atomic mass is 127. The predicted octanol–water partition coefficient (Wildman–Crippen LogP) is 3.07. The summed E-state index contributed by atoms with van der Waals surface area (Å²) >= 11 is 1.64. The topological polar surface area (TPSA) is 55.8 Å². The summed E-state index contributed by atoms with van der Waals surface area (Å²) in [5.41, 5.74) is 4.76. The van der Waals surface area contributed by atoms with Crippen molar-refractivity contribution >= 4 is 52.1 Å². The number of hydrogen-bond acceptors (Lipinski definition) is 5. The van der Waals surface area contributed by atoms with Crippen molar-refractivity contribution in [3.63, 3.8) is 0 Å². The summed E-state index contributed by atoms with van der Waals surface area (Å²) in [6.07, 6.45) is 0. The minimum absolute atomic E-state index is 0. The van der Waals surface area contributed by atoms with E-state index in [-0.39, 0.29) is 24.0 Å². The Bertz CT molecular complexity index is 726. The molecule has 2 N–H and O–H groups in total. The number of nitrogens with one attached hydrogen (secondary N) is 2. The van der Waals surface area contributed by atoms with Crippen molar-refractivity contribution in [2.24, 2.45) is 4.99 Å². The Labute approximate surface area is 177 Å². The van der Waals surface area contributed by atoms with Gasteiger partial charge in [-0.25, -0.2) is 4.98 Å². The number of aliphatic imine (C=N–C) groups is 1. The first-order valence-electron chi connectivity index (χ1n) is 8.23. The van der Waals surface area contributed by atoms with Crippen molar-refractivity contribution in [2.75, 3.05) is 45.0 Å². The third kappa shape index (κ3) is 6.31. The summed E-state index contributed by atoms with van der Waals surface area (Å²) in [4.78, 5) is 13.0. The molecule has 26 heavy (non-hydrogen) atoms. The molecule has 1 aromatic carbocycles. The average molecular weight is 488 g/mol. The molecule has 1 aromatic heterocycles. The van der Waals surface area contributed by atoms with Gasteiger partial charge in [0.25, 0.3) is 0 Å². The molecule has 2 rings (SSSR count). The van der Waals surface area contributed by atoms with Crippen LogP contribution in [0.15, 0.2) is 28.6 Å². The first-order valence-corrected chi connectivity index (χ1v) is 9.11. The van der Waals surface area contributed by atoms with Gasteiger partial charge in [0.05, 0.1) is 12.2 Å². The van der Waals surface area contributed by atoms with Crippen LogP contribution < -0.4 is 20.4 Å². The van der Waals surface area contributed by atoms with Gasteiger partial charge in [-0.1, -0.05) is 6.07 Å². The number of halogens is 1. The lowest BCUT2D eigenvalue weighted by atomic mass is 10.1.